The number of carbonyl (C=O) groups excluding carboxylic acids is 1. The quantitative estimate of drug-likeness (QED) is 0.825. The van der Waals surface area contributed by atoms with Gasteiger partial charge in [0.15, 0.2) is 0 Å². The summed E-state index contributed by atoms with van der Waals surface area (Å²) in [7, 11) is 1.90. The number of aryl methyl sites for hydroxylation is 1. The molecule has 128 valence electrons. The lowest BCUT2D eigenvalue weighted by Crippen LogP contribution is -2.35. The van der Waals surface area contributed by atoms with Crippen molar-refractivity contribution in [2.75, 3.05) is 19.6 Å². The first-order chi connectivity index (χ1) is 10.2. The molecule has 0 aliphatic carbocycles. The van der Waals surface area contributed by atoms with Gasteiger partial charge in [-0.15, -0.1) is 36.2 Å². The molecule has 9 heteroatoms. The Bertz CT molecular complexity index is 604. The lowest BCUT2D eigenvalue weighted by Gasteiger charge is -2.16. The fraction of sp³-hybridized carbons (Fsp3) is 0.500. The predicted octanol–water partition coefficient (Wildman–Crippen LogP) is 1.38. The molecule has 0 aromatic carbocycles. The number of rotatable bonds is 5. The van der Waals surface area contributed by atoms with Gasteiger partial charge in [-0.1, -0.05) is 0 Å². The number of hydrogen-bond acceptors (Lipinski definition) is 5. The maximum absolute atomic E-state index is 12.4. The minimum Gasteiger partial charge on any atom is -0.355 e. The summed E-state index contributed by atoms with van der Waals surface area (Å²) in [5.74, 6) is 0.298. The molecule has 1 aliphatic rings. The molecule has 0 radical (unpaired) electrons. The first-order valence-corrected chi connectivity index (χ1v) is 8.02. The number of aromatic nitrogens is 3. The van der Waals surface area contributed by atoms with Crippen LogP contribution in [0.2, 0.25) is 0 Å². The zero-order valence-corrected chi connectivity index (χ0v) is 15.2. The van der Waals surface area contributed by atoms with Gasteiger partial charge < -0.3 is 10.6 Å². The molecule has 0 spiro atoms. The van der Waals surface area contributed by atoms with Gasteiger partial charge in [0.2, 0.25) is 5.91 Å². The van der Waals surface area contributed by atoms with E-state index in [9.17, 15) is 4.79 Å². The van der Waals surface area contributed by atoms with Crippen LogP contribution in [0.15, 0.2) is 23.3 Å². The third-order valence-corrected chi connectivity index (χ3v) is 4.50. The first-order valence-electron chi connectivity index (χ1n) is 7.08. The van der Waals surface area contributed by atoms with Crippen molar-refractivity contribution in [2.24, 2.45) is 13.0 Å². The van der Waals surface area contributed by atoms with E-state index in [1.807, 2.05) is 30.3 Å². The zero-order valence-electron chi connectivity index (χ0n) is 12.8. The van der Waals surface area contributed by atoms with E-state index in [0.717, 1.165) is 30.8 Å². The van der Waals surface area contributed by atoms with Crippen molar-refractivity contribution in [3.8, 4) is 0 Å². The number of nitrogens with zero attached hydrogens (tertiary/aromatic N) is 3. The Balaban J connectivity index is 0.00000132. The van der Waals surface area contributed by atoms with Gasteiger partial charge >= 0.3 is 0 Å². The van der Waals surface area contributed by atoms with Crippen LogP contribution in [0.5, 0.6) is 0 Å². The van der Waals surface area contributed by atoms with Gasteiger partial charge in [-0.25, -0.2) is 4.98 Å². The average molecular weight is 378 g/mol. The van der Waals surface area contributed by atoms with Gasteiger partial charge in [-0.2, -0.15) is 5.10 Å². The van der Waals surface area contributed by atoms with E-state index in [-0.39, 0.29) is 42.6 Å². The van der Waals surface area contributed by atoms with Crippen molar-refractivity contribution in [3.05, 3.63) is 34.5 Å². The maximum atomic E-state index is 12.4. The Kier molecular flexibility index (Phi) is 7.98. The third-order valence-electron chi connectivity index (χ3n) is 3.87. The van der Waals surface area contributed by atoms with Gasteiger partial charge in [0.25, 0.3) is 0 Å². The molecule has 0 saturated carbocycles. The number of hydrogen-bond donors (Lipinski definition) is 2. The summed E-state index contributed by atoms with van der Waals surface area (Å²) in [4.78, 5) is 16.6. The molecule has 3 rings (SSSR count). The van der Waals surface area contributed by atoms with E-state index in [1.54, 1.807) is 16.0 Å². The lowest BCUT2D eigenvalue weighted by atomic mass is 9.90. The highest BCUT2D eigenvalue weighted by molar-refractivity contribution is 7.07. The molecule has 1 amide bonds. The van der Waals surface area contributed by atoms with Gasteiger partial charge in [0.05, 0.1) is 23.3 Å². The van der Waals surface area contributed by atoms with Crippen LogP contribution in [0, 0.1) is 5.92 Å². The van der Waals surface area contributed by atoms with Crippen LogP contribution in [0.3, 0.4) is 0 Å². The van der Waals surface area contributed by atoms with E-state index in [4.69, 9.17) is 0 Å². The van der Waals surface area contributed by atoms with Gasteiger partial charge in [-0.3, -0.25) is 9.48 Å². The number of halogens is 2. The largest absolute Gasteiger partial charge is 0.355 e. The Morgan fingerprint density at radius 3 is 2.96 bits per heavy atom. The molecular weight excluding hydrogens is 357 g/mol. The fourth-order valence-corrected chi connectivity index (χ4v) is 3.33. The van der Waals surface area contributed by atoms with E-state index in [0.29, 0.717) is 6.54 Å². The molecule has 2 aromatic rings. The smallest absolute Gasteiger partial charge is 0.225 e. The highest BCUT2D eigenvalue weighted by atomic mass is 35.5. The van der Waals surface area contributed by atoms with Crippen LogP contribution >= 0.6 is 36.2 Å². The summed E-state index contributed by atoms with van der Waals surface area (Å²) in [6.45, 7) is 2.19. The second kappa shape index (κ2) is 9.22. The molecule has 6 nitrogen and oxygen atoms in total. The number of thiazole rings is 1. The second-order valence-electron chi connectivity index (χ2n) is 5.34. The monoisotopic (exact) mass is 377 g/mol. The standard InChI is InChI=1S/C14H19N5OS.2ClH/c1-19-7-10(4-18-19)12-5-15-6-13(12)14(20)16-3-2-11-8-21-9-17-11;;/h4,7-9,12-13,15H,2-3,5-6H2,1H3,(H,16,20);2*1H/t12-,13+;;/m1../s1. The van der Waals surface area contributed by atoms with Crippen molar-refractivity contribution < 1.29 is 4.79 Å². The topological polar surface area (TPSA) is 71.8 Å². The van der Waals surface area contributed by atoms with Crippen LogP contribution in [0.25, 0.3) is 0 Å². The summed E-state index contributed by atoms with van der Waals surface area (Å²) in [5.41, 5.74) is 3.98. The van der Waals surface area contributed by atoms with Gasteiger partial charge in [0.1, 0.15) is 0 Å². The first kappa shape index (κ1) is 19.9. The van der Waals surface area contributed by atoms with Crippen LogP contribution in [-0.4, -0.2) is 40.3 Å². The normalized spacial score (nSPS) is 19.7. The summed E-state index contributed by atoms with van der Waals surface area (Å²) in [6.07, 6.45) is 4.63. The molecule has 1 fully saturated rings. The lowest BCUT2D eigenvalue weighted by molar-refractivity contribution is -0.124. The fourth-order valence-electron chi connectivity index (χ4n) is 2.74. The van der Waals surface area contributed by atoms with E-state index >= 15 is 0 Å². The molecule has 2 N–H and O–H groups in total. The van der Waals surface area contributed by atoms with E-state index in [2.05, 4.69) is 20.7 Å². The van der Waals surface area contributed by atoms with Gasteiger partial charge in [0, 0.05) is 50.6 Å². The third kappa shape index (κ3) is 4.91. The average Bonchev–Trinajstić information content (AvgIpc) is 3.18. The van der Waals surface area contributed by atoms with Crippen LogP contribution in [0.1, 0.15) is 17.2 Å². The molecule has 3 heterocycles. The maximum Gasteiger partial charge on any atom is 0.225 e. The van der Waals surface area contributed by atoms with Crippen molar-refractivity contribution in [2.45, 2.75) is 12.3 Å². The number of amides is 1. The number of nitrogens with one attached hydrogen (secondary N) is 2. The SMILES string of the molecule is Cl.Cl.Cn1cc([C@H]2CNC[C@@H]2C(=O)NCCc2cscn2)cn1. The highest BCUT2D eigenvalue weighted by Crippen LogP contribution is 2.27. The number of carbonyl (C=O) groups is 1. The Morgan fingerprint density at radius 2 is 2.30 bits per heavy atom. The van der Waals surface area contributed by atoms with Crippen molar-refractivity contribution in [1.29, 1.82) is 0 Å². The minimum absolute atomic E-state index is 0. The second-order valence-corrected chi connectivity index (χ2v) is 6.06. The van der Waals surface area contributed by atoms with Crippen molar-refractivity contribution in [1.82, 2.24) is 25.4 Å². The molecule has 2 aromatic heterocycles. The summed E-state index contributed by atoms with van der Waals surface area (Å²) < 4.78 is 1.78. The predicted molar refractivity (Wildman–Crippen MR) is 95.6 cm³/mol. The van der Waals surface area contributed by atoms with Gasteiger partial charge in [-0.05, 0) is 5.56 Å². The Hall–Kier alpha value is -1.15. The van der Waals surface area contributed by atoms with Crippen LogP contribution in [-0.2, 0) is 18.3 Å². The Morgan fingerprint density at radius 1 is 1.48 bits per heavy atom. The minimum atomic E-state index is -0.0235. The molecular formula is C14H21Cl2N5OS. The van der Waals surface area contributed by atoms with E-state index in [1.165, 1.54) is 0 Å². The van der Waals surface area contributed by atoms with Crippen molar-refractivity contribution in [3.63, 3.8) is 0 Å². The summed E-state index contributed by atoms with van der Waals surface area (Å²) >= 11 is 1.58. The van der Waals surface area contributed by atoms with Crippen LogP contribution in [0.4, 0.5) is 0 Å². The molecule has 1 aliphatic heterocycles. The molecule has 0 unspecified atom stereocenters. The molecule has 0 bridgehead atoms. The Labute approximate surface area is 151 Å². The van der Waals surface area contributed by atoms with Crippen molar-refractivity contribution >= 4 is 42.1 Å². The zero-order chi connectivity index (χ0) is 14.7. The summed E-state index contributed by atoms with van der Waals surface area (Å²) in [5, 5.41) is 12.6. The molecule has 2 atom stereocenters. The van der Waals surface area contributed by atoms with E-state index < -0.39 is 0 Å². The van der Waals surface area contributed by atoms with Crippen LogP contribution < -0.4 is 10.6 Å². The molecule has 23 heavy (non-hydrogen) atoms. The molecule has 1 saturated heterocycles. The summed E-state index contributed by atoms with van der Waals surface area (Å²) in [6, 6.07) is 0. The highest BCUT2D eigenvalue weighted by Gasteiger charge is 2.34.